The van der Waals surface area contributed by atoms with Gasteiger partial charge in [0.05, 0.1) is 31.2 Å². The van der Waals surface area contributed by atoms with Gasteiger partial charge in [0.15, 0.2) is 0 Å². The van der Waals surface area contributed by atoms with Crippen LogP contribution in [0, 0.1) is 0 Å². The number of carbonyl (C=O) groups excluding carboxylic acids is 1. The van der Waals surface area contributed by atoms with E-state index in [1.165, 1.54) is 23.5 Å². The van der Waals surface area contributed by atoms with E-state index in [2.05, 4.69) is 5.32 Å². The number of amides is 1. The summed E-state index contributed by atoms with van der Waals surface area (Å²) in [4.78, 5) is 12.7. The molecule has 156 valence electrons. The van der Waals surface area contributed by atoms with E-state index in [0.717, 1.165) is 24.8 Å². The summed E-state index contributed by atoms with van der Waals surface area (Å²) in [5.41, 5.74) is 1.12. The van der Waals surface area contributed by atoms with Crippen LogP contribution in [0.3, 0.4) is 0 Å². The smallest absolute Gasteiger partial charge is 0.243 e. The lowest BCUT2D eigenvalue weighted by Crippen LogP contribution is -2.35. The maximum absolute atomic E-state index is 12.9. The van der Waals surface area contributed by atoms with Gasteiger partial charge >= 0.3 is 0 Å². The van der Waals surface area contributed by atoms with E-state index in [9.17, 15) is 13.2 Å². The second kappa shape index (κ2) is 9.28. The van der Waals surface area contributed by atoms with Gasteiger partial charge in [0, 0.05) is 13.1 Å². The maximum atomic E-state index is 12.9. The van der Waals surface area contributed by atoms with Crippen molar-refractivity contribution in [3.8, 4) is 11.5 Å². The van der Waals surface area contributed by atoms with Gasteiger partial charge in [-0.1, -0.05) is 18.6 Å². The number of nitrogens with one attached hydrogen (secondary N) is 1. The third kappa shape index (κ3) is 5.07. The number of sulfonamides is 1. The summed E-state index contributed by atoms with van der Waals surface area (Å²) >= 11 is 0. The minimum atomic E-state index is -3.60. The Balaban J connectivity index is 1.80. The molecule has 0 radical (unpaired) electrons. The molecule has 29 heavy (non-hydrogen) atoms. The average molecular weight is 419 g/mol. The molecule has 0 aliphatic carbocycles. The SMILES string of the molecule is COc1cccc(CC(=O)Nc2cc(S(=O)(=O)N3CCCCC3)ccc2OC)c1. The van der Waals surface area contributed by atoms with Crippen LogP contribution in [0.15, 0.2) is 47.4 Å². The number of hydrogen-bond donors (Lipinski definition) is 1. The van der Waals surface area contributed by atoms with Gasteiger partial charge in [-0.05, 0) is 48.7 Å². The van der Waals surface area contributed by atoms with Crippen molar-refractivity contribution in [3.05, 3.63) is 48.0 Å². The Morgan fingerprint density at radius 3 is 2.48 bits per heavy atom. The normalized spacial score (nSPS) is 15.0. The third-order valence-corrected chi connectivity index (χ3v) is 6.79. The highest BCUT2D eigenvalue weighted by molar-refractivity contribution is 7.89. The first-order valence-corrected chi connectivity index (χ1v) is 11.0. The van der Waals surface area contributed by atoms with E-state index in [1.807, 2.05) is 12.1 Å². The lowest BCUT2D eigenvalue weighted by atomic mass is 10.1. The monoisotopic (exact) mass is 418 g/mol. The minimum absolute atomic E-state index is 0.128. The van der Waals surface area contributed by atoms with Crippen molar-refractivity contribution in [2.24, 2.45) is 0 Å². The second-order valence-corrected chi connectivity index (χ2v) is 8.84. The molecule has 1 aliphatic heterocycles. The lowest BCUT2D eigenvalue weighted by Gasteiger charge is -2.26. The molecule has 0 atom stereocenters. The molecule has 2 aromatic rings. The minimum Gasteiger partial charge on any atom is -0.497 e. The largest absolute Gasteiger partial charge is 0.497 e. The number of anilines is 1. The first-order valence-electron chi connectivity index (χ1n) is 9.55. The highest BCUT2D eigenvalue weighted by atomic mass is 32.2. The molecule has 1 heterocycles. The fourth-order valence-corrected chi connectivity index (χ4v) is 4.91. The van der Waals surface area contributed by atoms with Crippen LogP contribution in [0.1, 0.15) is 24.8 Å². The van der Waals surface area contributed by atoms with Crippen molar-refractivity contribution in [1.82, 2.24) is 4.31 Å². The number of hydrogen-bond acceptors (Lipinski definition) is 5. The predicted octanol–water partition coefficient (Wildman–Crippen LogP) is 3.06. The molecular weight excluding hydrogens is 392 g/mol. The zero-order valence-electron chi connectivity index (χ0n) is 16.7. The summed E-state index contributed by atoms with van der Waals surface area (Å²) in [6.45, 7) is 1.04. The molecule has 1 amide bonds. The molecule has 1 N–H and O–H groups in total. The molecule has 1 fully saturated rings. The van der Waals surface area contributed by atoms with Crippen molar-refractivity contribution >= 4 is 21.6 Å². The van der Waals surface area contributed by atoms with Crippen molar-refractivity contribution in [2.75, 3.05) is 32.6 Å². The lowest BCUT2D eigenvalue weighted by molar-refractivity contribution is -0.115. The van der Waals surface area contributed by atoms with Gasteiger partial charge in [0.2, 0.25) is 15.9 Å². The molecule has 7 nitrogen and oxygen atoms in total. The highest BCUT2D eigenvalue weighted by Gasteiger charge is 2.27. The molecule has 2 aromatic carbocycles. The molecule has 0 bridgehead atoms. The van der Waals surface area contributed by atoms with Crippen LogP contribution in [-0.4, -0.2) is 45.9 Å². The fourth-order valence-electron chi connectivity index (χ4n) is 3.36. The van der Waals surface area contributed by atoms with Crippen LogP contribution in [0.4, 0.5) is 5.69 Å². The topological polar surface area (TPSA) is 84.9 Å². The summed E-state index contributed by atoms with van der Waals surface area (Å²) in [5, 5.41) is 2.78. The Labute approximate surface area is 171 Å². The second-order valence-electron chi connectivity index (χ2n) is 6.90. The number of methoxy groups -OCH3 is 2. The van der Waals surface area contributed by atoms with Gasteiger partial charge in [-0.15, -0.1) is 0 Å². The molecule has 0 aromatic heterocycles. The van der Waals surface area contributed by atoms with Crippen LogP contribution in [0.2, 0.25) is 0 Å². The van der Waals surface area contributed by atoms with E-state index in [4.69, 9.17) is 9.47 Å². The van der Waals surface area contributed by atoms with Gasteiger partial charge in [0.1, 0.15) is 11.5 Å². The molecule has 0 saturated carbocycles. The molecular formula is C21H26N2O5S. The Hall–Kier alpha value is -2.58. The van der Waals surface area contributed by atoms with Gasteiger partial charge in [-0.2, -0.15) is 4.31 Å². The molecule has 1 aliphatic rings. The molecule has 0 unspecified atom stereocenters. The maximum Gasteiger partial charge on any atom is 0.243 e. The van der Waals surface area contributed by atoms with Gasteiger partial charge in [0.25, 0.3) is 0 Å². The Morgan fingerprint density at radius 1 is 1.03 bits per heavy atom. The van der Waals surface area contributed by atoms with Crippen LogP contribution in [0.5, 0.6) is 11.5 Å². The van der Waals surface area contributed by atoms with Crippen LogP contribution in [-0.2, 0) is 21.2 Å². The van der Waals surface area contributed by atoms with E-state index >= 15 is 0 Å². The average Bonchev–Trinajstić information content (AvgIpc) is 2.74. The quantitative estimate of drug-likeness (QED) is 0.747. The zero-order valence-corrected chi connectivity index (χ0v) is 17.5. The molecule has 1 saturated heterocycles. The van der Waals surface area contributed by atoms with Crippen molar-refractivity contribution in [3.63, 3.8) is 0 Å². The van der Waals surface area contributed by atoms with E-state index in [-0.39, 0.29) is 17.2 Å². The number of nitrogens with zero attached hydrogens (tertiary/aromatic N) is 1. The predicted molar refractivity (Wildman–Crippen MR) is 111 cm³/mol. The first-order chi connectivity index (χ1) is 13.9. The first kappa shape index (κ1) is 21.1. The standard InChI is InChI=1S/C21H26N2O5S/c1-27-17-8-6-7-16(13-17)14-21(24)22-19-15-18(9-10-20(19)28-2)29(25,26)23-11-4-3-5-12-23/h6-10,13,15H,3-5,11-12,14H2,1-2H3,(H,22,24). The number of carbonyl (C=O) groups is 1. The Kier molecular flexibility index (Phi) is 6.76. The van der Waals surface area contributed by atoms with Gasteiger partial charge < -0.3 is 14.8 Å². The summed E-state index contributed by atoms with van der Waals surface area (Å²) in [6, 6.07) is 11.8. The number of piperidine rings is 1. The van der Waals surface area contributed by atoms with Crippen LogP contribution in [0.25, 0.3) is 0 Å². The summed E-state index contributed by atoms with van der Waals surface area (Å²) in [6.07, 6.45) is 2.89. The van der Waals surface area contributed by atoms with Gasteiger partial charge in [-0.25, -0.2) is 8.42 Å². The van der Waals surface area contributed by atoms with E-state index < -0.39 is 10.0 Å². The van der Waals surface area contributed by atoms with Crippen molar-refractivity contribution in [1.29, 1.82) is 0 Å². The zero-order chi connectivity index (χ0) is 20.9. The number of rotatable bonds is 7. The Bertz CT molecular complexity index is 969. The number of ether oxygens (including phenoxy) is 2. The van der Waals surface area contributed by atoms with E-state index in [0.29, 0.717) is 30.3 Å². The van der Waals surface area contributed by atoms with Crippen LogP contribution < -0.4 is 14.8 Å². The fraction of sp³-hybridized carbons (Fsp3) is 0.381. The van der Waals surface area contributed by atoms with Gasteiger partial charge in [-0.3, -0.25) is 4.79 Å². The van der Waals surface area contributed by atoms with Crippen LogP contribution >= 0.6 is 0 Å². The highest BCUT2D eigenvalue weighted by Crippen LogP contribution is 2.30. The summed E-state index contributed by atoms with van der Waals surface area (Å²) < 4.78 is 37.9. The molecule has 0 spiro atoms. The molecule has 3 rings (SSSR count). The summed E-state index contributed by atoms with van der Waals surface area (Å²) in [5.74, 6) is 0.799. The van der Waals surface area contributed by atoms with E-state index in [1.54, 1.807) is 25.3 Å². The van der Waals surface area contributed by atoms with Crippen molar-refractivity contribution in [2.45, 2.75) is 30.6 Å². The third-order valence-electron chi connectivity index (χ3n) is 4.90. The Morgan fingerprint density at radius 2 is 1.79 bits per heavy atom. The van der Waals surface area contributed by atoms with Crippen molar-refractivity contribution < 1.29 is 22.7 Å². The summed E-state index contributed by atoms with van der Waals surface area (Å²) in [7, 11) is -0.557. The molecule has 8 heteroatoms. The number of benzene rings is 2.